The predicted molar refractivity (Wildman–Crippen MR) is 126 cm³/mol. The number of hydrogen-bond acceptors (Lipinski definition) is 4. The number of carbonyl (C=O) groups is 2. The summed E-state index contributed by atoms with van der Waals surface area (Å²) in [6, 6.07) is 14.9. The summed E-state index contributed by atoms with van der Waals surface area (Å²) in [5.41, 5.74) is 5.59. The van der Waals surface area contributed by atoms with E-state index in [0.717, 1.165) is 29.8 Å². The Bertz CT molecular complexity index is 1110. The number of hydrogen-bond donors (Lipinski definition) is 2. The standard InChI is InChI=1S/C21H17Br3N2O4/c1-12-8-15(4-6-17(12)23)29-10-19(27)25-26-20(28)11-30-18-7-2-13-9-14(22)3-5-16(13)21(18)24/h2-9H,10-11H2,1H3,(H,25,27)(H,26,28). The van der Waals surface area contributed by atoms with Crippen molar-refractivity contribution >= 4 is 70.4 Å². The van der Waals surface area contributed by atoms with Gasteiger partial charge >= 0.3 is 0 Å². The van der Waals surface area contributed by atoms with Crippen LogP contribution >= 0.6 is 47.8 Å². The monoisotopic (exact) mass is 598 g/mol. The molecule has 0 aliphatic carbocycles. The smallest absolute Gasteiger partial charge is 0.276 e. The van der Waals surface area contributed by atoms with Crippen molar-refractivity contribution in [3.8, 4) is 11.5 Å². The van der Waals surface area contributed by atoms with Crippen LogP contribution in [-0.4, -0.2) is 25.0 Å². The molecule has 2 amide bonds. The van der Waals surface area contributed by atoms with Crippen LogP contribution in [0.4, 0.5) is 0 Å². The van der Waals surface area contributed by atoms with Gasteiger partial charge in [0.25, 0.3) is 11.8 Å². The Hall–Kier alpha value is -2.10. The van der Waals surface area contributed by atoms with Crippen molar-refractivity contribution in [2.75, 3.05) is 13.2 Å². The van der Waals surface area contributed by atoms with Gasteiger partial charge in [-0.05, 0) is 75.6 Å². The number of rotatable bonds is 6. The number of ether oxygens (including phenoxy) is 2. The number of fused-ring (bicyclic) bond motifs is 1. The second-order valence-corrected chi connectivity index (χ2v) is 8.89. The highest BCUT2D eigenvalue weighted by atomic mass is 79.9. The first-order chi connectivity index (χ1) is 14.3. The molecule has 3 aromatic rings. The Morgan fingerprint density at radius 2 is 1.57 bits per heavy atom. The molecule has 0 heterocycles. The molecule has 0 aliphatic rings. The van der Waals surface area contributed by atoms with Crippen LogP contribution < -0.4 is 20.3 Å². The van der Waals surface area contributed by atoms with E-state index in [1.54, 1.807) is 12.1 Å². The van der Waals surface area contributed by atoms with Crippen LogP contribution in [0.1, 0.15) is 5.56 Å². The summed E-state index contributed by atoms with van der Waals surface area (Å²) in [6.07, 6.45) is 0. The third kappa shape index (κ3) is 5.96. The van der Waals surface area contributed by atoms with Gasteiger partial charge in [0.15, 0.2) is 13.2 Å². The van der Waals surface area contributed by atoms with E-state index in [4.69, 9.17) is 9.47 Å². The maximum absolute atomic E-state index is 12.0. The summed E-state index contributed by atoms with van der Waals surface area (Å²) in [6.45, 7) is 1.44. The van der Waals surface area contributed by atoms with E-state index in [0.29, 0.717) is 11.5 Å². The fourth-order valence-corrected chi connectivity index (χ4v) is 3.80. The molecule has 0 spiro atoms. The molecule has 6 nitrogen and oxygen atoms in total. The number of amides is 2. The van der Waals surface area contributed by atoms with Crippen LogP contribution in [-0.2, 0) is 9.59 Å². The second-order valence-electron chi connectivity index (χ2n) is 6.33. The van der Waals surface area contributed by atoms with Gasteiger partial charge in [0, 0.05) is 8.95 Å². The fraction of sp³-hybridized carbons (Fsp3) is 0.143. The Morgan fingerprint density at radius 3 is 2.27 bits per heavy atom. The van der Waals surface area contributed by atoms with E-state index >= 15 is 0 Å². The summed E-state index contributed by atoms with van der Waals surface area (Å²) in [7, 11) is 0. The average molecular weight is 601 g/mol. The third-order valence-electron chi connectivity index (χ3n) is 4.08. The minimum Gasteiger partial charge on any atom is -0.484 e. The fourth-order valence-electron chi connectivity index (χ4n) is 2.56. The van der Waals surface area contributed by atoms with E-state index in [1.165, 1.54) is 0 Å². The summed E-state index contributed by atoms with van der Waals surface area (Å²) in [4.78, 5) is 23.8. The SMILES string of the molecule is Cc1cc(OCC(=O)NNC(=O)COc2ccc3cc(Br)ccc3c2Br)ccc1Br. The number of carbonyl (C=O) groups excluding carboxylic acids is 2. The van der Waals surface area contributed by atoms with E-state index in [-0.39, 0.29) is 13.2 Å². The van der Waals surface area contributed by atoms with Crippen LogP contribution in [0, 0.1) is 6.92 Å². The van der Waals surface area contributed by atoms with Crippen LogP contribution in [0.5, 0.6) is 11.5 Å². The third-order valence-corrected chi connectivity index (χ3v) is 6.28. The van der Waals surface area contributed by atoms with Gasteiger partial charge in [0.2, 0.25) is 0 Å². The summed E-state index contributed by atoms with van der Waals surface area (Å²) in [5, 5.41) is 1.99. The second kappa shape index (κ2) is 10.3. The lowest BCUT2D eigenvalue weighted by atomic mass is 10.1. The Kier molecular flexibility index (Phi) is 7.74. The zero-order chi connectivity index (χ0) is 21.7. The highest BCUT2D eigenvalue weighted by Crippen LogP contribution is 2.34. The number of nitrogens with one attached hydrogen (secondary N) is 2. The van der Waals surface area contributed by atoms with Gasteiger partial charge in [-0.2, -0.15) is 0 Å². The molecular formula is C21H17Br3N2O4. The molecule has 0 saturated carbocycles. The highest BCUT2D eigenvalue weighted by molar-refractivity contribution is 9.11. The van der Waals surface area contributed by atoms with Crippen LogP contribution in [0.2, 0.25) is 0 Å². The number of hydrazine groups is 1. The molecule has 2 N–H and O–H groups in total. The van der Waals surface area contributed by atoms with Gasteiger partial charge in [0.1, 0.15) is 11.5 Å². The Labute approximate surface area is 198 Å². The lowest BCUT2D eigenvalue weighted by molar-refractivity contribution is -0.131. The molecule has 0 radical (unpaired) electrons. The predicted octanol–water partition coefficient (Wildman–Crippen LogP) is 5.04. The molecular weight excluding hydrogens is 584 g/mol. The maximum Gasteiger partial charge on any atom is 0.276 e. The minimum absolute atomic E-state index is 0.228. The van der Waals surface area contributed by atoms with Crippen LogP contribution in [0.25, 0.3) is 10.8 Å². The molecule has 0 atom stereocenters. The first-order valence-electron chi connectivity index (χ1n) is 8.80. The van der Waals surface area contributed by atoms with Crippen molar-refractivity contribution in [2.45, 2.75) is 6.92 Å². The van der Waals surface area contributed by atoms with Crippen molar-refractivity contribution in [2.24, 2.45) is 0 Å². The van der Waals surface area contributed by atoms with Gasteiger partial charge in [-0.15, -0.1) is 0 Å². The van der Waals surface area contributed by atoms with E-state index in [9.17, 15) is 9.59 Å². The minimum atomic E-state index is -0.495. The Morgan fingerprint density at radius 1 is 0.867 bits per heavy atom. The molecule has 0 aromatic heterocycles. The lowest BCUT2D eigenvalue weighted by Gasteiger charge is -2.12. The average Bonchev–Trinajstić information content (AvgIpc) is 2.72. The number of aryl methyl sites for hydroxylation is 1. The van der Waals surface area contributed by atoms with Crippen LogP contribution in [0.3, 0.4) is 0 Å². The van der Waals surface area contributed by atoms with Gasteiger partial charge in [-0.1, -0.05) is 44.0 Å². The molecule has 0 fully saturated rings. The molecule has 0 bridgehead atoms. The molecule has 0 aliphatic heterocycles. The van der Waals surface area contributed by atoms with Crippen molar-refractivity contribution in [3.05, 3.63) is 67.5 Å². The zero-order valence-corrected chi connectivity index (χ0v) is 20.6. The van der Waals surface area contributed by atoms with E-state index in [2.05, 4.69) is 58.6 Å². The summed E-state index contributed by atoms with van der Waals surface area (Å²) < 4.78 is 13.7. The normalized spacial score (nSPS) is 10.5. The molecule has 30 heavy (non-hydrogen) atoms. The maximum atomic E-state index is 12.0. The quantitative estimate of drug-likeness (QED) is 0.389. The highest BCUT2D eigenvalue weighted by Gasteiger charge is 2.10. The van der Waals surface area contributed by atoms with Crippen LogP contribution in [0.15, 0.2) is 61.9 Å². The van der Waals surface area contributed by atoms with Gasteiger partial charge in [-0.3, -0.25) is 20.4 Å². The summed E-state index contributed by atoms with van der Waals surface area (Å²) in [5.74, 6) is 0.112. The number of benzene rings is 3. The summed E-state index contributed by atoms with van der Waals surface area (Å²) >= 11 is 10.4. The first kappa shape index (κ1) is 22.6. The van der Waals surface area contributed by atoms with Gasteiger partial charge < -0.3 is 9.47 Å². The van der Waals surface area contributed by atoms with Crippen molar-refractivity contribution < 1.29 is 19.1 Å². The molecule has 0 unspecified atom stereocenters. The lowest BCUT2D eigenvalue weighted by Crippen LogP contribution is -2.45. The van der Waals surface area contributed by atoms with Crippen molar-refractivity contribution in [3.63, 3.8) is 0 Å². The number of halogens is 3. The molecule has 9 heteroatoms. The zero-order valence-electron chi connectivity index (χ0n) is 15.8. The van der Waals surface area contributed by atoms with Crippen molar-refractivity contribution in [1.29, 1.82) is 0 Å². The van der Waals surface area contributed by atoms with Gasteiger partial charge in [-0.25, -0.2) is 0 Å². The van der Waals surface area contributed by atoms with Gasteiger partial charge in [0.05, 0.1) is 4.47 Å². The van der Waals surface area contributed by atoms with E-state index < -0.39 is 11.8 Å². The first-order valence-corrected chi connectivity index (χ1v) is 11.2. The molecule has 3 rings (SSSR count). The molecule has 156 valence electrons. The molecule has 3 aromatic carbocycles. The molecule has 0 saturated heterocycles. The van der Waals surface area contributed by atoms with Crippen molar-refractivity contribution in [1.82, 2.24) is 10.9 Å². The Balaban J connectivity index is 1.46. The van der Waals surface area contributed by atoms with E-state index in [1.807, 2.05) is 43.3 Å². The largest absolute Gasteiger partial charge is 0.484 e. The topological polar surface area (TPSA) is 76.7 Å².